The number of phosphoric acid groups is 2. The highest BCUT2D eigenvalue weighted by Gasteiger charge is 2.30. The standard InChI is InChI=1S/C75H146O17P2/c1-6-10-13-16-19-21-23-31-36-39-44-49-54-59-73(78)86-65-71(92-75(80)61-56-51-46-41-37-33-30-28-26-25-27-29-32-34-38-43-47-52-57-68(5)9-4)67-90-94(83,84)88-63-69(76)62-87-93(81,82)89-66-70(64-85-72(77)58-53-48-42-18-15-12-8-3)91-74(79)60-55-50-45-40-35-24-22-20-17-14-11-7-2/h68-71,76H,6-67H2,1-5H3,(H,81,82)(H,83,84)/t68?,69-,70+,71+/m0/s1. The number of carbonyl (C=O) groups excluding carboxylic acids is 4. The SMILES string of the molecule is CCCCCCCCCCCCCCCC(=O)OC[C@H](COP(=O)(O)OC[C@@H](O)COP(=O)(O)OC[C@@H](COC(=O)CCCCCCCCC)OC(=O)CCCCCCCCCCCCCC)OC(=O)CCCCCCCCCCCCCCCCCCCCC(C)CC. The maximum atomic E-state index is 13.1. The van der Waals surface area contributed by atoms with Gasteiger partial charge in [-0.2, -0.15) is 0 Å². The molecule has 0 saturated heterocycles. The molecule has 6 atom stereocenters. The lowest BCUT2D eigenvalue weighted by atomic mass is 9.99. The van der Waals surface area contributed by atoms with E-state index in [9.17, 15) is 43.2 Å². The summed E-state index contributed by atoms with van der Waals surface area (Å²) in [5.41, 5.74) is 0. The molecule has 0 aliphatic carbocycles. The highest BCUT2D eigenvalue weighted by atomic mass is 31.2. The van der Waals surface area contributed by atoms with Gasteiger partial charge in [-0.1, -0.05) is 343 Å². The van der Waals surface area contributed by atoms with Crippen LogP contribution in [-0.2, 0) is 65.4 Å². The molecule has 3 N–H and O–H groups in total. The number of carbonyl (C=O) groups is 4. The van der Waals surface area contributed by atoms with Crippen LogP contribution in [0.3, 0.4) is 0 Å². The van der Waals surface area contributed by atoms with Gasteiger partial charge >= 0.3 is 39.5 Å². The van der Waals surface area contributed by atoms with Crippen molar-refractivity contribution < 1.29 is 80.2 Å². The van der Waals surface area contributed by atoms with E-state index in [-0.39, 0.29) is 25.7 Å². The zero-order chi connectivity index (χ0) is 69.1. The fraction of sp³-hybridized carbons (Fsp3) is 0.947. The number of ether oxygens (including phenoxy) is 4. The molecule has 0 aromatic carbocycles. The summed E-state index contributed by atoms with van der Waals surface area (Å²) in [5.74, 6) is -1.25. The molecule has 94 heavy (non-hydrogen) atoms. The molecule has 0 aliphatic heterocycles. The van der Waals surface area contributed by atoms with Crippen molar-refractivity contribution >= 4 is 39.5 Å². The van der Waals surface area contributed by atoms with Crippen LogP contribution in [0.25, 0.3) is 0 Å². The second-order valence-corrected chi connectivity index (χ2v) is 30.2. The lowest BCUT2D eigenvalue weighted by molar-refractivity contribution is -0.161. The largest absolute Gasteiger partial charge is 0.472 e. The van der Waals surface area contributed by atoms with Crippen LogP contribution in [0.5, 0.6) is 0 Å². The summed E-state index contributed by atoms with van der Waals surface area (Å²) in [6, 6.07) is 0. The van der Waals surface area contributed by atoms with Crippen LogP contribution < -0.4 is 0 Å². The van der Waals surface area contributed by atoms with E-state index in [0.29, 0.717) is 25.7 Å². The van der Waals surface area contributed by atoms with Crippen LogP contribution in [0.4, 0.5) is 0 Å². The Labute approximate surface area is 575 Å². The first-order valence-electron chi connectivity index (χ1n) is 39.2. The summed E-state index contributed by atoms with van der Waals surface area (Å²) in [5, 5.41) is 10.6. The van der Waals surface area contributed by atoms with Crippen LogP contribution >= 0.6 is 15.6 Å². The third-order valence-corrected chi connectivity index (χ3v) is 19.8. The Morgan fingerprint density at radius 1 is 0.298 bits per heavy atom. The van der Waals surface area contributed by atoms with Gasteiger partial charge in [-0.15, -0.1) is 0 Å². The molecule has 0 rings (SSSR count). The fourth-order valence-corrected chi connectivity index (χ4v) is 13.1. The van der Waals surface area contributed by atoms with Crippen molar-refractivity contribution in [3.05, 3.63) is 0 Å². The molecule has 3 unspecified atom stereocenters. The number of hydrogen-bond donors (Lipinski definition) is 3. The smallest absolute Gasteiger partial charge is 0.462 e. The Bertz CT molecular complexity index is 1810. The Hall–Kier alpha value is -1.94. The van der Waals surface area contributed by atoms with Crippen LogP contribution in [0.2, 0.25) is 0 Å². The third-order valence-electron chi connectivity index (χ3n) is 17.9. The first-order valence-corrected chi connectivity index (χ1v) is 42.2. The minimum absolute atomic E-state index is 0.107. The van der Waals surface area contributed by atoms with Gasteiger partial charge in [-0.05, 0) is 31.6 Å². The minimum atomic E-state index is -4.95. The average molecular weight is 1380 g/mol. The molecule has 0 saturated carbocycles. The maximum absolute atomic E-state index is 13.1. The van der Waals surface area contributed by atoms with Crippen molar-refractivity contribution in [3.63, 3.8) is 0 Å². The zero-order valence-corrected chi connectivity index (χ0v) is 62.9. The van der Waals surface area contributed by atoms with Crippen molar-refractivity contribution in [2.75, 3.05) is 39.6 Å². The normalized spacial score (nSPS) is 14.3. The predicted molar refractivity (Wildman–Crippen MR) is 382 cm³/mol. The van der Waals surface area contributed by atoms with Crippen molar-refractivity contribution in [1.82, 2.24) is 0 Å². The number of aliphatic hydroxyl groups excluding tert-OH is 1. The molecular weight excluding hydrogens is 1230 g/mol. The number of esters is 4. The molecule has 0 heterocycles. The lowest BCUT2D eigenvalue weighted by Crippen LogP contribution is -2.30. The molecule has 0 aromatic heterocycles. The van der Waals surface area contributed by atoms with E-state index in [1.807, 2.05) is 0 Å². The van der Waals surface area contributed by atoms with Crippen LogP contribution in [0, 0.1) is 5.92 Å². The molecular formula is C75H146O17P2. The summed E-state index contributed by atoms with van der Waals surface area (Å²) < 4.78 is 68.3. The van der Waals surface area contributed by atoms with Gasteiger partial charge in [0.25, 0.3) is 0 Å². The highest BCUT2D eigenvalue weighted by Crippen LogP contribution is 2.45. The van der Waals surface area contributed by atoms with E-state index in [2.05, 4.69) is 34.6 Å². The van der Waals surface area contributed by atoms with Gasteiger partial charge in [-0.25, -0.2) is 9.13 Å². The molecule has 558 valence electrons. The molecule has 17 nitrogen and oxygen atoms in total. The van der Waals surface area contributed by atoms with Gasteiger partial charge in [0.2, 0.25) is 0 Å². The minimum Gasteiger partial charge on any atom is -0.462 e. The van der Waals surface area contributed by atoms with Crippen molar-refractivity contribution in [3.8, 4) is 0 Å². The topological polar surface area (TPSA) is 237 Å². The van der Waals surface area contributed by atoms with Crippen LogP contribution in [-0.4, -0.2) is 96.7 Å². The van der Waals surface area contributed by atoms with Gasteiger partial charge in [-0.3, -0.25) is 37.3 Å². The molecule has 0 radical (unpaired) electrons. The van der Waals surface area contributed by atoms with Gasteiger partial charge in [0.05, 0.1) is 26.4 Å². The molecule has 19 heteroatoms. The summed E-state index contributed by atoms with van der Waals surface area (Å²) >= 11 is 0. The van der Waals surface area contributed by atoms with E-state index in [1.54, 1.807) is 0 Å². The number of rotatable bonds is 75. The van der Waals surface area contributed by atoms with Gasteiger partial charge in [0.15, 0.2) is 12.2 Å². The second-order valence-electron chi connectivity index (χ2n) is 27.3. The first kappa shape index (κ1) is 92.1. The van der Waals surface area contributed by atoms with E-state index < -0.39 is 97.5 Å². The summed E-state index contributed by atoms with van der Waals surface area (Å²) in [6.45, 7) is 7.31. The molecule has 0 aromatic rings. The number of aliphatic hydroxyl groups is 1. The van der Waals surface area contributed by atoms with Gasteiger partial charge in [0, 0.05) is 25.7 Å². The van der Waals surface area contributed by atoms with Crippen LogP contribution in [0.1, 0.15) is 394 Å². The molecule has 0 bridgehead atoms. The number of phosphoric ester groups is 2. The quantitative estimate of drug-likeness (QED) is 0.0222. The zero-order valence-electron chi connectivity index (χ0n) is 61.1. The summed E-state index contributed by atoms with van der Waals surface area (Å²) in [4.78, 5) is 72.6. The van der Waals surface area contributed by atoms with E-state index in [0.717, 1.165) is 109 Å². The van der Waals surface area contributed by atoms with Gasteiger partial charge in [0.1, 0.15) is 19.3 Å². The summed E-state index contributed by atoms with van der Waals surface area (Å²) in [6.07, 6.45) is 56.9. The van der Waals surface area contributed by atoms with E-state index >= 15 is 0 Å². The van der Waals surface area contributed by atoms with Crippen molar-refractivity contribution in [2.45, 2.75) is 412 Å². The predicted octanol–water partition coefficient (Wildman–Crippen LogP) is 22.1. The number of hydrogen-bond acceptors (Lipinski definition) is 15. The Kier molecular flexibility index (Phi) is 66.8. The Morgan fingerprint density at radius 3 is 0.755 bits per heavy atom. The average Bonchev–Trinajstić information content (AvgIpc) is 2.23. The Balaban J connectivity index is 5.14. The van der Waals surface area contributed by atoms with Crippen LogP contribution in [0.15, 0.2) is 0 Å². The van der Waals surface area contributed by atoms with Crippen molar-refractivity contribution in [2.24, 2.45) is 5.92 Å². The first-order chi connectivity index (χ1) is 45.6. The number of unbranched alkanes of at least 4 members (excludes halogenated alkanes) is 46. The lowest BCUT2D eigenvalue weighted by Gasteiger charge is -2.21. The van der Waals surface area contributed by atoms with Gasteiger partial charge < -0.3 is 33.8 Å². The highest BCUT2D eigenvalue weighted by molar-refractivity contribution is 7.47. The molecule has 0 fully saturated rings. The second kappa shape index (κ2) is 68.2. The third kappa shape index (κ3) is 67.3. The van der Waals surface area contributed by atoms with Crippen molar-refractivity contribution in [1.29, 1.82) is 0 Å². The summed E-state index contributed by atoms with van der Waals surface area (Å²) in [7, 11) is -9.90. The monoisotopic (exact) mass is 1380 g/mol. The molecule has 0 spiro atoms. The fourth-order valence-electron chi connectivity index (χ4n) is 11.5. The Morgan fingerprint density at radius 2 is 0.511 bits per heavy atom. The van der Waals surface area contributed by atoms with E-state index in [1.165, 1.54) is 205 Å². The molecule has 0 aliphatic rings. The van der Waals surface area contributed by atoms with E-state index in [4.69, 9.17) is 37.0 Å². The molecule has 0 amide bonds. The maximum Gasteiger partial charge on any atom is 0.472 e.